The fourth-order valence-corrected chi connectivity index (χ4v) is 3.43. The maximum absolute atomic E-state index is 11.9. The number of benzene rings is 2. The highest BCUT2D eigenvalue weighted by atomic mass is 32.1. The summed E-state index contributed by atoms with van der Waals surface area (Å²) in [4.78, 5) is 23.4. The molecule has 4 N–H and O–H groups in total. The first-order valence-corrected chi connectivity index (χ1v) is 9.30. The highest BCUT2D eigenvalue weighted by Gasteiger charge is 2.19. The summed E-state index contributed by atoms with van der Waals surface area (Å²) in [6.45, 7) is 2.91. The van der Waals surface area contributed by atoms with Crippen LogP contribution >= 0.6 is 11.3 Å². The van der Waals surface area contributed by atoms with Crippen LogP contribution in [0.3, 0.4) is 0 Å². The number of carbonyl (C=O) groups excluding carboxylic acids is 2. The minimum absolute atomic E-state index is 0.125. The first-order chi connectivity index (χ1) is 13.4. The lowest BCUT2D eigenvalue weighted by Crippen LogP contribution is -2.04. The number of para-hydroxylation sites is 1. The molecule has 0 aliphatic heterocycles. The molecule has 0 aliphatic carbocycles. The van der Waals surface area contributed by atoms with E-state index in [1.165, 1.54) is 25.2 Å². The monoisotopic (exact) mass is 393 g/mol. The van der Waals surface area contributed by atoms with E-state index >= 15 is 0 Å². The molecule has 142 valence electrons. The Kier molecular flexibility index (Phi) is 5.81. The van der Waals surface area contributed by atoms with Crippen molar-refractivity contribution in [2.75, 3.05) is 16.4 Å². The molecule has 8 heteroatoms. The van der Waals surface area contributed by atoms with Gasteiger partial charge in [-0.25, -0.2) is 0 Å². The largest absolute Gasteiger partial charge is 0.396 e. The first kappa shape index (κ1) is 19.2. The fraction of sp³-hybridized carbons (Fsp3) is 0.100. The number of nitrogen functional groups attached to an aromatic ring is 1. The summed E-state index contributed by atoms with van der Waals surface area (Å²) in [5, 5.41) is 15.1. The van der Waals surface area contributed by atoms with E-state index in [2.05, 4.69) is 20.9 Å². The van der Waals surface area contributed by atoms with E-state index in [0.29, 0.717) is 32.6 Å². The van der Waals surface area contributed by atoms with E-state index in [1.54, 1.807) is 24.3 Å². The van der Waals surface area contributed by atoms with Gasteiger partial charge in [-0.15, -0.1) is 16.5 Å². The number of nitrogens with zero attached hydrogens (tertiary/aromatic N) is 2. The van der Waals surface area contributed by atoms with Crippen LogP contribution in [-0.4, -0.2) is 11.7 Å². The summed E-state index contributed by atoms with van der Waals surface area (Å²) in [5.41, 5.74) is 8.99. The van der Waals surface area contributed by atoms with Crippen LogP contribution in [0.15, 0.2) is 64.8 Å². The van der Waals surface area contributed by atoms with Crippen LogP contribution in [0.4, 0.5) is 33.4 Å². The molecule has 3 rings (SSSR count). The van der Waals surface area contributed by atoms with Gasteiger partial charge in [-0.05, 0) is 36.4 Å². The average molecular weight is 393 g/mol. The maximum atomic E-state index is 11.9. The Morgan fingerprint density at radius 2 is 1.61 bits per heavy atom. The van der Waals surface area contributed by atoms with Gasteiger partial charge in [0.15, 0.2) is 5.78 Å². The Morgan fingerprint density at radius 3 is 2.21 bits per heavy atom. The number of ketones is 1. The van der Waals surface area contributed by atoms with Crippen molar-refractivity contribution in [3.63, 3.8) is 0 Å². The van der Waals surface area contributed by atoms with Crippen molar-refractivity contribution >= 4 is 56.5 Å². The Morgan fingerprint density at radius 1 is 0.929 bits per heavy atom. The van der Waals surface area contributed by atoms with E-state index in [-0.39, 0.29) is 11.7 Å². The molecule has 1 aromatic heterocycles. The molecule has 0 bridgehead atoms. The van der Waals surface area contributed by atoms with Gasteiger partial charge in [0.1, 0.15) is 10.7 Å². The smallest absolute Gasteiger partial charge is 0.221 e. The Labute approximate surface area is 166 Å². The van der Waals surface area contributed by atoms with E-state index in [9.17, 15) is 9.59 Å². The molecule has 0 atom stereocenters. The van der Waals surface area contributed by atoms with Gasteiger partial charge in [-0.3, -0.25) is 9.59 Å². The second-order valence-electron chi connectivity index (χ2n) is 6.00. The third-order valence-electron chi connectivity index (χ3n) is 3.72. The lowest BCUT2D eigenvalue weighted by molar-refractivity contribution is -0.114. The SMILES string of the molecule is CC(=O)Nc1ccc(N=Nc2c(Nc3ccccc3)sc(C(C)=O)c2N)cc1. The van der Waals surface area contributed by atoms with Gasteiger partial charge in [0.25, 0.3) is 0 Å². The van der Waals surface area contributed by atoms with Crippen molar-refractivity contribution in [1.29, 1.82) is 0 Å². The summed E-state index contributed by atoms with van der Waals surface area (Å²) in [6.07, 6.45) is 0. The number of carbonyl (C=O) groups is 2. The van der Waals surface area contributed by atoms with Crippen LogP contribution in [0.25, 0.3) is 0 Å². The first-order valence-electron chi connectivity index (χ1n) is 8.48. The van der Waals surface area contributed by atoms with Crippen LogP contribution < -0.4 is 16.4 Å². The Balaban J connectivity index is 1.90. The molecule has 2 aromatic carbocycles. The third kappa shape index (κ3) is 4.60. The van der Waals surface area contributed by atoms with Crippen molar-refractivity contribution in [1.82, 2.24) is 0 Å². The average Bonchev–Trinajstić information content (AvgIpc) is 2.97. The van der Waals surface area contributed by atoms with Crippen LogP contribution in [-0.2, 0) is 4.79 Å². The van der Waals surface area contributed by atoms with E-state index < -0.39 is 0 Å². The number of hydrogen-bond acceptors (Lipinski definition) is 7. The van der Waals surface area contributed by atoms with E-state index in [0.717, 1.165) is 5.69 Å². The zero-order valence-electron chi connectivity index (χ0n) is 15.4. The molecule has 0 spiro atoms. The maximum Gasteiger partial charge on any atom is 0.221 e. The van der Waals surface area contributed by atoms with Gasteiger partial charge in [0.2, 0.25) is 5.91 Å². The minimum atomic E-state index is -0.145. The number of anilines is 4. The van der Waals surface area contributed by atoms with Crippen LogP contribution in [0.5, 0.6) is 0 Å². The molecule has 0 radical (unpaired) electrons. The topological polar surface area (TPSA) is 109 Å². The highest BCUT2D eigenvalue weighted by molar-refractivity contribution is 7.19. The van der Waals surface area contributed by atoms with E-state index in [4.69, 9.17) is 5.73 Å². The molecular formula is C20H19N5O2S. The van der Waals surface area contributed by atoms with Crippen molar-refractivity contribution in [3.8, 4) is 0 Å². The second-order valence-corrected chi connectivity index (χ2v) is 7.02. The van der Waals surface area contributed by atoms with Gasteiger partial charge in [0, 0.05) is 25.2 Å². The standard InChI is InChI=1S/C20H19N5O2S/c1-12(26)19-17(21)18(20(28-19)23-14-6-4-3-5-7-14)25-24-16-10-8-15(9-11-16)22-13(2)27/h3-11,23H,21H2,1-2H3,(H,22,27). The minimum Gasteiger partial charge on any atom is -0.396 e. The molecule has 0 fully saturated rings. The van der Waals surface area contributed by atoms with Gasteiger partial charge < -0.3 is 16.4 Å². The summed E-state index contributed by atoms with van der Waals surface area (Å²) < 4.78 is 0. The van der Waals surface area contributed by atoms with Crippen molar-refractivity contribution in [2.24, 2.45) is 10.2 Å². The number of azo groups is 1. The molecule has 28 heavy (non-hydrogen) atoms. The quantitative estimate of drug-likeness (QED) is 0.371. The molecule has 1 amide bonds. The Bertz CT molecular complexity index is 1030. The normalized spacial score (nSPS) is 10.8. The van der Waals surface area contributed by atoms with Crippen molar-refractivity contribution < 1.29 is 9.59 Å². The summed E-state index contributed by atoms with van der Waals surface area (Å²) in [6, 6.07) is 16.5. The van der Waals surface area contributed by atoms with Gasteiger partial charge in [0.05, 0.1) is 16.3 Å². The number of hydrogen-bond donors (Lipinski definition) is 3. The number of thiophene rings is 1. The molecule has 7 nitrogen and oxygen atoms in total. The summed E-state index contributed by atoms with van der Waals surface area (Å²) in [7, 11) is 0. The molecule has 0 saturated heterocycles. The number of nitrogens with two attached hydrogens (primary N) is 1. The molecule has 3 aromatic rings. The summed E-state index contributed by atoms with van der Waals surface area (Å²) in [5.74, 6) is -0.270. The second kappa shape index (κ2) is 8.45. The summed E-state index contributed by atoms with van der Waals surface area (Å²) >= 11 is 1.25. The van der Waals surface area contributed by atoms with Crippen LogP contribution in [0, 0.1) is 0 Å². The lowest BCUT2D eigenvalue weighted by atomic mass is 10.2. The highest BCUT2D eigenvalue weighted by Crippen LogP contribution is 2.44. The molecular weight excluding hydrogens is 374 g/mol. The predicted octanol–water partition coefficient (Wildman–Crippen LogP) is 5.65. The number of amides is 1. The van der Waals surface area contributed by atoms with Gasteiger partial charge in [-0.2, -0.15) is 5.11 Å². The predicted molar refractivity (Wildman–Crippen MR) is 113 cm³/mol. The molecule has 0 unspecified atom stereocenters. The Hall–Kier alpha value is -3.52. The third-order valence-corrected chi connectivity index (χ3v) is 4.93. The van der Waals surface area contributed by atoms with Crippen LogP contribution in [0.1, 0.15) is 23.5 Å². The molecule has 0 aliphatic rings. The van der Waals surface area contributed by atoms with Crippen molar-refractivity contribution in [2.45, 2.75) is 13.8 Å². The molecule has 1 heterocycles. The van der Waals surface area contributed by atoms with Gasteiger partial charge >= 0.3 is 0 Å². The van der Waals surface area contributed by atoms with E-state index in [1.807, 2.05) is 30.3 Å². The zero-order chi connectivity index (χ0) is 20.1. The number of Topliss-reactive ketones (excluding diaryl/α,β-unsaturated/α-hetero) is 1. The fourth-order valence-electron chi connectivity index (χ4n) is 2.46. The van der Waals surface area contributed by atoms with Gasteiger partial charge in [-0.1, -0.05) is 18.2 Å². The number of rotatable bonds is 6. The lowest BCUT2D eigenvalue weighted by Gasteiger charge is -2.04. The van der Waals surface area contributed by atoms with Crippen LogP contribution in [0.2, 0.25) is 0 Å². The molecule has 0 saturated carbocycles. The zero-order valence-corrected chi connectivity index (χ0v) is 16.2. The van der Waals surface area contributed by atoms with Crippen molar-refractivity contribution in [3.05, 3.63) is 59.5 Å². The number of nitrogens with one attached hydrogen (secondary N) is 2.